The zero-order chi connectivity index (χ0) is 16.4. The summed E-state index contributed by atoms with van der Waals surface area (Å²) in [5, 5.41) is 2.37. The van der Waals surface area contributed by atoms with Crippen LogP contribution in [0.2, 0.25) is 0 Å². The van der Waals surface area contributed by atoms with Crippen molar-refractivity contribution in [3.05, 3.63) is 58.0 Å². The Morgan fingerprint density at radius 3 is 2.78 bits per heavy atom. The third-order valence-electron chi connectivity index (χ3n) is 3.55. The SMILES string of the molecule is COC(=O)Nc1nc2cc(C)n(Cc3ccccc3)c2c(=O)[nH]1. The molecule has 7 heteroatoms. The topological polar surface area (TPSA) is 89.0 Å². The molecule has 3 aromatic rings. The monoisotopic (exact) mass is 312 g/mol. The Morgan fingerprint density at radius 1 is 1.35 bits per heavy atom. The van der Waals surface area contributed by atoms with Gasteiger partial charge in [-0.05, 0) is 18.6 Å². The molecule has 1 aromatic carbocycles. The van der Waals surface area contributed by atoms with Crippen LogP contribution in [0.15, 0.2) is 41.2 Å². The first-order valence-electron chi connectivity index (χ1n) is 7.07. The van der Waals surface area contributed by atoms with Crippen molar-refractivity contribution in [1.82, 2.24) is 14.5 Å². The third kappa shape index (κ3) is 2.94. The van der Waals surface area contributed by atoms with Crippen LogP contribution in [-0.4, -0.2) is 27.7 Å². The van der Waals surface area contributed by atoms with E-state index < -0.39 is 6.09 Å². The molecule has 3 rings (SSSR count). The zero-order valence-electron chi connectivity index (χ0n) is 12.8. The van der Waals surface area contributed by atoms with E-state index in [4.69, 9.17) is 0 Å². The summed E-state index contributed by atoms with van der Waals surface area (Å²) in [7, 11) is 1.24. The lowest BCUT2D eigenvalue weighted by Crippen LogP contribution is -2.19. The highest BCUT2D eigenvalue weighted by atomic mass is 16.5. The second kappa shape index (κ2) is 5.96. The van der Waals surface area contributed by atoms with Crippen LogP contribution < -0.4 is 10.9 Å². The van der Waals surface area contributed by atoms with Gasteiger partial charge in [0, 0.05) is 12.2 Å². The van der Waals surface area contributed by atoms with Gasteiger partial charge >= 0.3 is 6.09 Å². The maximum absolute atomic E-state index is 12.4. The average molecular weight is 312 g/mol. The van der Waals surface area contributed by atoms with E-state index in [1.165, 1.54) is 7.11 Å². The summed E-state index contributed by atoms with van der Waals surface area (Å²) in [5.74, 6) is 0.0613. The molecule has 0 aliphatic rings. The molecule has 0 spiro atoms. The number of methoxy groups -OCH3 is 1. The van der Waals surface area contributed by atoms with Crippen LogP contribution in [0.3, 0.4) is 0 Å². The van der Waals surface area contributed by atoms with Crippen molar-refractivity contribution in [2.75, 3.05) is 12.4 Å². The summed E-state index contributed by atoms with van der Waals surface area (Å²) in [6.45, 7) is 2.49. The maximum Gasteiger partial charge on any atom is 0.413 e. The number of carbonyl (C=O) groups is 1. The second-order valence-corrected chi connectivity index (χ2v) is 5.12. The molecule has 0 radical (unpaired) electrons. The van der Waals surface area contributed by atoms with Gasteiger partial charge in [0.05, 0.1) is 12.6 Å². The number of nitrogens with one attached hydrogen (secondary N) is 2. The van der Waals surface area contributed by atoms with Crippen LogP contribution >= 0.6 is 0 Å². The predicted molar refractivity (Wildman–Crippen MR) is 86.7 cm³/mol. The van der Waals surface area contributed by atoms with Gasteiger partial charge in [0.15, 0.2) is 0 Å². The zero-order valence-corrected chi connectivity index (χ0v) is 12.8. The molecule has 0 aliphatic carbocycles. The number of nitrogens with zero attached hydrogens (tertiary/aromatic N) is 2. The van der Waals surface area contributed by atoms with Crippen LogP contribution in [0.1, 0.15) is 11.3 Å². The summed E-state index contributed by atoms with van der Waals surface area (Å²) in [5.41, 5.74) is 2.68. The van der Waals surface area contributed by atoms with Crippen molar-refractivity contribution in [1.29, 1.82) is 0 Å². The number of rotatable bonds is 3. The van der Waals surface area contributed by atoms with E-state index in [1.807, 2.05) is 47.9 Å². The fourth-order valence-corrected chi connectivity index (χ4v) is 2.47. The molecule has 2 aromatic heterocycles. The number of aromatic amines is 1. The van der Waals surface area contributed by atoms with Gasteiger partial charge in [-0.2, -0.15) is 0 Å². The lowest BCUT2D eigenvalue weighted by molar-refractivity contribution is 0.186. The first-order chi connectivity index (χ1) is 11.1. The van der Waals surface area contributed by atoms with Gasteiger partial charge in [-0.15, -0.1) is 0 Å². The maximum atomic E-state index is 12.4. The Balaban J connectivity index is 2.05. The van der Waals surface area contributed by atoms with Crippen molar-refractivity contribution in [2.24, 2.45) is 0 Å². The van der Waals surface area contributed by atoms with Crippen LogP contribution in [0.25, 0.3) is 11.0 Å². The van der Waals surface area contributed by atoms with E-state index in [-0.39, 0.29) is 11.5 Å². The number of carbonyl (C=O) groups excluding carboxylic acids is 1. The molecule has 0 fully saturated rings. The predicted octanol–water partition coefficient (Wildman–Crippen LogP) is 2.26. The summed E-state index contributed by atoms with van der Waals surface area (Å²) >= 11 is 0. The van der Waals surface area contributed by atoms with Gasteiger partial charge in [0.25, 0.3) is 5.56 Å². The lowest BCUT2D eigenvalue weighted by Gasteiger charge is -2.08. The molecule has 1 amide bonds. The molecule has 2 heterocycles. The van der Waals surface area contributed by atoms with Crippen LogP contribution in [0.5, 0.6) is 0 Å². The van der Waals surface area contributed by atoms with Crippen molar-refractivity contribution in [2.45, 2.75) is 13.5 Å². The molecule has 2 N–H and O–H groups in total. The van der Waals surface area contributed by atoms with Crippen molar-refractivity contribution < 1.29 is 9.53 Å². The minimum absolute atomic E-state index is 0.0613. The van der Waals surface area contributed by atoms with Gasteiger partial charge in [0.1, 0.15) is 5.52 Å². The molecule has 0 aliphatic heterocycles. The Labute approximate surface area is 131 Å². The van der Waals surface area contributed by atoms with E-state index in [9.17, 15) is 9.59 Å². The van der Waals surface area contributed by atoms with Gasteiger partial charge in [-0.3, -0.25) is 15.1 Å². The van der Waals surface area contributed by atoms with E-state index in [0.717, 1.165) is 11.3 Å². The number of amides is 1. The molecular formula is C16H16N4O3. The van der Waals surface area contributed by atoms with Gasteiger partial charge < -0.3 is 9.30 Å². The molecule has 0 saturated carbocycles. The van der Waals surface area contributed by atoms with E-state index >= 15 is 0 Å². The molecule has 7 nitrogen and oxygen atoms in total. The molecule has 0 unspecified atom stereocenters. The third-order valence-corrected chi connectivity index (χ3v) is 3.55. The number of aromatic nitrogens is 3. The summed E-state index contributed by atoms with van der Waals surface area (Å²) in [6.07, 6.45) is -0.687. The minimum Gasteiger partial charge on any atom is -0.453 e. The number of benzene rings is 1. The highest BCUT2D eigenvalue weighted by Crippen LogP contribution is 2.17. The highest BCUT2D eigenvalue weighted by Gasteiger charge is 2.13. The summed E-state index contributed by atoms with van der Waals surface area (Å²) in [4.78, 5) is 30.4. The van der Waals surface area contributed by atoms with E-state index in [0.29, 0.717) is 17.6 Å². The number of aryl methyl sites for hydroxylation is 1. The fraction of sp³-hybridized carbons (Fsp3) is 0.188. The smallest absolute Gasteiger partial charge is 0.413 e. The molecule has 23 heavy (non-hydrogen) atoms. The van der Waals surface area contributed by atoms with Crippen LogP contribution in [-0.2, 0) is 11.3 Å². The summed E-state index contributed by atoms with van der Waals surface area (Å²) < 4.78 is 6.40. The number of ether oxygens (including phenoxy) is 1. The van der Waals surface area contributed by atoms with Crippen LogP contribution in [0, 0.1) is 6.92 Å². The van der Waals surface area contributed by atoms with Crippen molar-refractivity contribution >= 4 is 23.1 Å². The molecule has 118 valence electrons. The first-order valence-corrected chi connectivity index (χ1v) is 7.07. The van der Waals surface area contributed by atoms with Crippen molar-refractivity contribution in [3.8, 4) is 0 Å². The van der Waals surface area contributed by atoms with Gasteiger partial charge in [-0.25, -0.2) is 9.78 Å². The number of fused-ring (bicyclic) bond motifs is 1. The Kier molecular flexibility index (Phi) is 3.84. The molecule has 0 atom stereocenters. The minimum atomic E-state index is -0.687. The van der Waals surface area contributed by atoms with E-state index in [1.54, 1.807) is 0 Å². The number of anilines is 1. The summed E-state index contributed by atoms with van der Waals surface area (Å²) in [6, 6.07) is 11.7. The Bertz CT molecular complexity index is 912. The standard InChI is InChI=1S/C16H16N4O3/c1-10-8-12-13(20(10)9-11-6-4-3-5-7-11)14(21)18-15(17-12)19-16(22)23-2/h3-8H,9H2,1-2H3,(H2,17,18,19,21,22). The second-order valence-electron chi connectivity index (χ2n) is 5.12. The average Bonchev–Trinajstić information content (AvgIpc) is 2.84. The normalized spacial score (nSPS) is 10.7. The number of hydrogen-bond acceptors (Lipinski definition) is 4. The largest absolute Gasteiger partial charge is 0.453 e. The lowest BCUT2D eigenvalue weighted by atomic mass is 10.2. The number of H-pyrrole nitrogens is 1. The Morgan fingerprint density at radius 2 is 2.09 bits per heavy atom. The van der Waals surface area contributed by atoms with Gasteiger partial charge in [-0.1, -0.05) is 30.3 Å². The molecule has 0 saturated heterocycles. The van der Waals surface area contributed by atoms with Crippen LogP contribution in [0.4, 0.5) is 10.7 Å². The quantitative estimate of drug-likeness (QED) is 0.776. The Hall–Kier alpha value is -3.09. The van der Waals surface area contributed by atoms with Crippen molar-refractivity contribution in [3.63, 3.8) is 0 Å². The van der Waals surface area contributed by atoms with E-state index in [2.05, 4.69) is 20.0 Å². The van der Waals surface area contributed by atoms with Gasteiger partial charge in [0.2, 0.25) is 5.95 Å². The first kappa shape index (κ1) is 14.8. The molecular weight excluding hydrogens is 296 g/mol. The highest BCUT2D eigenvalue weighted by molar-refractivity contribution is 5.84. The molecule has 0 bridgehead atoms. The fourth-order valence-electron chi connectivity index (χ4n) is 2.47. The number of hydrogen-bond donors (Lipinski definition) is 2.